The number of aromatic nitrogens is 2. The molecule has 0 saturated carbocycles. The van der Waals surface area contributed by atoms with E-state index in [0.717, 1.165) is 14.4 Å². The summed E-state index contributed by atoms with van der Waals surface area (Å²) in [6, 6.07) is 11.4. The van der Waals surface area contributed by atoms with Crippen molar-refractivity contribution >= 4 is 54.7 Å². The summed E-state index contributed by atoms with van der Waals surface area (Å²) in [5.74, 6) is 0.231. The van der Waals surface area contributed by atoms with Gasteiger partial charge in [0.05, 0.1) is 19.3 Å². The van der Waals surface area contributed by atoms with Crippen LogP contribution in [0.4, 0.5) is 5.82 Å². The lowest BCUT2D eigenvalue weighted by molar-refractivity contribution is 0.601. The van der Waals surface area contributed by atoms with Crippen molar-refractivity contribution in [1.82, 2.24) is 10.2 Å². The molecule has 0 atom stereocenters. The van der Waals surface area contributed by atoms with Crippen molar-refractivity contribution < 1.29 is 8.42 Å². The Labute approximate surface area is 144 Å². The Morgan fingerprint density at radius 3 is 2.55 bits per heavy atom. The van der Waals surface area contributed by atoms with E-state index in [1.54, 1.807) is 6.07 Å². The highest BCUT2D eigenvalue weighted by atomic mass is 79.9. The number of aromatic amines is 1. The summed E-state index contributed by atoms with van der Waals surface area (Å²) in [6.07, 6.45) is 0. The van der Waals surface area contributed by atoms with Gasteiger partial charge in [0.2, 0.25) is 0 Å². The maximum Gasteiger partial charge on any atom is 0.263 e. The highest BCUT2D eigenvalue weighted by molar-refractivity contribution is 9.11. The van der Waals surface area contributed by atoms with Gasteiger partial charge in [-0.25, -0.2) is 8.42 Å². The van der Waals surface area contributed by atoms with Gasteiger partial charge in [0.25, 0.3) is 10.0 Å². The van der Waals surface area contributed by atoms with Crippen LogP contribution in [0.5, 0.6) is 0 Å². The van der Waals surface area contributed by atoms with Gasteiger partial charge in [-0.05, 0) is 52.3 Å². The number of hydrogen-bond donors (Lipinski definition) is 2. The zero-order valence-corrected chi connectivity index (χ0v) is 14.9. The van der Waals surface area contributed by atoms with Gasteiger partial charge in [-0.1, -0.05) is 11.6 Å². The molecule has 0 aliphatic carbocycles. The van der Waals surface area contributed by atoms with Crippen LogP contribution in [0.1, 0.15) is 0 Å². The minimum absolute atomic E-state index is 0.125. The van der Waals surface area contributed by atoms with Crippen molar-refractivity contribution in [3.8, 4) is 10.6 Å². The summed E-state index contributed by atoms with van der Waals surface area (Å²) < 4.78 is 27.9. The fourth-order valence-electron chi connectivity index (χ4n) is 1.77. The van der Waals surface area contributed by atoms with Crippen LogP contribution in [0.15, 0.2) is 51.1 Å². The second-order valence-corrected chi connectivity index (χ2v) is 8.91. The van der Waals surface area contributed by atoms with Crippen LogP contribution in [0.2, 0.25) is 5.02 Å². The maximum atomic E-state index is 12.2. The molecular formula is C13H9BrClN3O2S2. The van der Waals surface area contributed by atoms with Crippen LogP contribution in [-0.2, 0) is 10.0 Å². The Morgan fingerprint density at radius 1 is 1.18 bits per heavy atom. The minimum atomic E-state index is -3.69. The SMILES string of the molecule is O=S(=O)(Nc1cc(-c2ccc(Br)s2)[nH]n1)c1ccc(Cl)cc1. The van der Waals surface area contributed by atoms with E-state index in [2.05, 4.69) is 30.8 Å². The largest absolute Gasteiger partial charge is 0.275 e. The van der Waals surface area contributed by atoms with Crippen LogP contribution in [0.3, 0.4) is 0 Å². The number of anilines is 1. The number of halogens is 2. The molecule has 0 saturated heterocycles. The van der Waals surface area contributed by atoms with Crippen LogP contribution in [0.25, 0.3) is 10.6 Å². The summed E-state index contributed by atoms with van der Waals surface area (Å²) in [5.41, 5.74) is 0.740. The zero-order chi connectivity index (χ0) is 15.7. The molecule has 3 aromatic rings. The average molecular weight is 419 g/mol. The smallest absolute Gasteiger partial charge is 0.263 e. The van der Waals surface area contributed by atoms with E-state index in [-0.39, 0.29) is 10.7 Å². The summed E-state index contributed by atoms with van der Waals surface area (Å²) in [4.78, 5) is 1.08. The lowest BCUT2D eigenvalue weighted by atomic mass is 10.3. The lowest BCUT2D eigenvalue weighted by Gasteiger charge is -2.04. The monoisotopic (exact) mass is 417 g/mol. The van der Waals surface area contributed by atoms with Gasteiger partial charge >= 0.3 is 0 Å². The number of thiophene rings is 1. The standard InChI is InChI=1S/C13H9BrClN3O2S2/c14-12-6-5-11(21-12)10-7-13(17-16-10)18-22(19,20)9-3-1-8(15)2-4-9/h1-7H,(H2,16,17,18). The number of sulfonamides is 1. The first kappa shape index (κ1) is 15.5. The highest BCUT2D eigenvalue weighted by Gasteiger charge is 2.16. The first-order chi connectivity index (χ1) is 10.4. The summed E-state index contributed by atoms with van der Waals surface area (Å²) >= 11 is 10.7. The van der Waals surface area contributed by atoms with Crippen molar-refractivity contribution in [3.05, 3.63) is 51.3 Å². The van der Waals surface area contributed by atoms with Crippen LogP contribution in [-0.4, -0.2) is 18.6 Å². The van der Waals surface area contributed by atoms with Crippen molar-refractivity contribution in [2.45, 2.75) is 4.90 Å². The Bertz CT molecular complexity index is 904. The summed E-state index contributed by atoms with van der Waals surface area (Å²) in [6.45, 7) is 0. The number of nitrogens with one attached hydrogen (secondary N) is 2. The number of H-pyrrole nitrogens is 1. The topological polar surface area (TPSA) is 74.8 Å². The average Bonchev–Trinajstić information content (AvgIpc) is 3.08. The zero-order valence-electron chi connectivity index (χ0n) is 10.9. The third-order valence-electron chi connectivity index (χ3n) is 2.78. The van der Waals surface area contributed by atoms with Crippen LogP contribution >= 0.6 is 38.9 Å². The lowest BCUT2D eigenvalue weighted by Crippen LogP contribution is -2.13. The Kier molecular flexibility index (Phi) is 4.26. The van der Waals surface area contributed by atoms with Crippen LogP contribution in [0, 0.1) is 0 Å². The van der Waals surface area contributed by atoms with E-state index >= 15 is 0 Å². The Balaban J connectivity index is 1.84. The van der Waals surface area contributed by atoms with Gasteiger partial charge in [0, 0.05) is 11.1 Å². The normalized spacial score (nSPS) is 11.5. The van der Waals surface area contributed by atoms with Crippen molar-refractivity contribution in [3.63, 3.8) is 0 Å². The molecule has 2 N–H and O–H groups in total. The number of benzene rings is 1. The van der Waals surface area contributed by atoms with E-state index in [1.807, 2.05) is 12.1 Å². The first-order valence-corrected chi connectivity index (χ1v) is 9.51. The molecule has 22 heavy (non-hydrogen) atoms. The Hall–Kier alpha value is -1.35. The van der Waals surface area contributed by atoms with Crippen molar-refractivity contribution in [2.24, 2.45) is 0 Å². The van der Waals surface area contributed by atoms with Crippen molar-refractivity contribution in [2.75, 3.05) is 4.72 Å². The van der Waals surface area contributed by atoms with Crippen molar-refractivity contribution in [1.29, 1.82) is 0 Å². The first-order valence-electron chi connectivity index (χ1n) is 6.03. The molecule has 1 aromatic carbocycles. The van der Waals surface area contributed by atoms with E-state index in [4.69, 9.17) is 11.6 Å². The van der Waals surface area contributed by atoms with E-state index in [0.29, 0.717) is 5.02 Å². The number of nitrogens with zero attached hydrogens (tertiary/aromatic N) is 1. The fourth-order valence-corrected chi connectivity index (χ4v) is 4.24. The molecular weight excluding hydrogens is 410 g/mol. The summed E-state index contributed by atoms with van der Waals surface area (Å²) in [5, 5.41) is 7.27. The quantitative estimate of drug-likeness (QED) is 0.661. The predicted molar refractivity (Wildman–Crippen MR) is 91.9 cm³/mol. The van der Waals surface area contributed by atoms with E-state index in [1.165, 1.54) is 35.6 Å². The molecule has 0 amide bonds. The molecule has 2 heterocycles. The number of rotatable bonds is 4. The highest BCUT2D eigenvalue weighted by Crippen LogP contribution is 2.31. The number of hydrogen-bond acceptors (Lipinski definition) is 4. The van der Waals surface area contributed by atoms with Gasteiger partial charge in [0.15, 0.2) is 5.82 Å². The van der Waals surface area contributed by atoms with E-state index in [9.17, 15) is 8.42 Å². The van der Waals surface area contributed by atoms with Gasteiger partial charge in [-0.15, -0.1) is 11.3 Å². The molecule has 0 aliphatic rings. The molecule has 114 valence electrons. The molecule has 0 aliphatic heterocycles. The predicted octanol–water partition coefficient (Wildman–Crippen LogP) is 4.35. The molecule has 0 radical (unpaired) electrons. The molecule has 0 spiro atoms. The van der Waals surface area contributed by atoms with E-state index < -0.39 is 10.0 Å². The third kappa shape index (κ3) is 3.35. The van der Waals surface area contributed by atoms with Gasteiger partial charge in [-0.3, -0.25) is 9.82 Å². The molecule has 0 fully saturated rings. The maximum absolute atomic E-state index is 12.2. The molecule has 0 unspecified atom stereocenters. The van der Waals surface area contributed by atoms with Gasteiger partial charge in [-0.2, -0.15) is 5.10 Å². The van der Waals surface area contributed by atoms with Gasteiger partial charge < -0.3 is 0 Å². The molecule has 5 nitrogen and oxygen atoms in total. The fraction of sp³-hybridized carbons (Fsp3) is 0. The van der Waals surface area contributed by atoms with Crippen LogP contribution < -0.4 is 4.72 Å². The third-order valence-corrected chi connectivity index (χ3v) is 6.06. The minimum Gasteiger partial charge on any atom is -0.275 e. The molecule has 9 heteroatoms. The molecule has 2 aromatic heterocycles. The van der Waals surface area contributed by atoms with Gasteiger partial charge in [0.1, 0.15) is 0 Å². The second-order valence-electron chi connectivity index (χ2n) is 4.33. The summed E-state index contributed by atoms with van der Waals surface area (Å²) in [7, 11) is -3.69. The second kappa shape index (κ2) is 6.04. The molecule has 0 bridgehead atoms. The molecule has 3 rings (SSSR count). The Morgan fingerprint density at radius 2 is 1.91 bits per heavy atom.